The van der Waals surface area contributed by atoms with E-state index in [0.717, 1.165) is 44.9 Å². The zero-order chi connectivity index (χ0) is 11.4. The van der Waals surface area contributed by atoms with Crippen molar-refractivity contribution in [2.45, 2.75) is 18.9 Å². The Morgan fingerprint density at radius 1 is 1.56 bits per heavy atom. The van der Waals surface area contributed by atoms with Crippen LogP contribution in [0.2, 0.25) is 0 Å². The Hall–Kier alpha value is -0.810. The van der Waals surface area contributed by atoms with E-state index in [-0.39, 0.29) is 6.03 Å². The zero-order valence-corrected chi connectivity index (χ0v) is 9.87. The van der Waals surface area contributed by atoms with E-state index in [1.165, 1.54) is 0 Å². The molecule has 1 saturated heterocycles. The summed E-state index contributed by atoms with van der Waals surface area (Å²) in [6, 6.07) is 0.0465. The number of nitrogens with zero attached hydrogens (tertiary/aromatic N) is 1. The molecule has 1 saturated carbocycles. The first-order chi connectivity index (χ1) is 7.79. The van der Waals surface area contributed by atoms with Crippen molar-refractivity contribution in [1.82, 2.24) is 15.5 Å². The van der Waals surface area contributed by atoms with Gasteiger partial charge in [-0.3, -0.25) is 0 Å². The number of amides is 2. The molecule has 0 aromatic rings. The molecule has 0 aromatic heterocycles. The average Bonchev–Trinajstić information content (AvgIpc) is 2.60. The van der Waals surface area contributed by atoms with E-state index in [9.17, 15) is 4.79 Å². The molecule has 0 aromatic carbocycles. The number of hydrogen-bond acceptors (Lipinski definition) is 3. The van der Waals surface area contributed by atoms with Gasteiger partial charge < -0.3 is 20.3 Å². The van der Waals surface area contributed by atoms with E-state index in [1.54, 1.807) is 0 Å². The lowest BCUT2D eigenvalue weighted by Crippen LogP contribution is -2.39. The van der Waals surface area contributed by atoms with Crippen molar-refractivity contribution in [2.24, 2.45) is 5.92 Å². The van der Waals surface area contributed by atoms with Gasteiger partial charge in [-0.2, -0.15) is 0 Å². The predicted molar refractivity (Wildman–Crippen MR) is 61.4 cm³/mol. The van der Waals surface area contributed by atoms with Crippen molar-refractivity contribution in [3.8, 4) is 0 Å². The smallest absolute Gasteiger partial charge is 0.317 e. The van der Waals surface area contributed by atoms with Crippen LogP contribution < -0.4 is 10.6 Å². The third-order valence-corrected chi connectivity index (χ3v) is 3.35. The molecule has 16 heavy (non-hydrogen) atoms. The van der Waals surface area contributed by atoms with Gasteiger partial charge in [-0.25, -0.2) is 4.79 Å². The molecule has 0 unspecified atom stereocenters. The lowest BCUT2D eigenvalue weighted by atomic mass is 9.82. The van der Waals surface area contributed by atoms with E-state index >= 15 is 0 Å². The average molecular weight is 227 g/mol. The zero-order valence-electron chi connectivity index (χ0n) is 9.87. The van der Waals surface area contributed by atoms with Gasteiger partial charge in [-0.1, -0.05) is 0 Å². The SMILES string of the molecule is CNCC1CC(OCCN2CCNC2=O)C1. The van der Waals surface area contributed by atoms with Crippen molar-refractivity contribution in [3.05, 3.63) is 0 Å². The highest BCUT2D eigenvalue weighted by molar-refractivity contribution is 5.76. The van der Waals surface area contributed by atoms with E-state index in [1.807, 2.05) is 11.9 Å². The van der Waals surface area contributed by atoms with Gasteiger partial charge in [0.25, 0.3) is 0 Å². The van der Waals surface area contributed by atoms with Gasteiger partial charge in [-0.15, -0.1) is 0 Å². The van der Waals surface area contributed by atoms with Crippen LogP contribution in [-0.2, 0) is 4.74 Å². The van der Waals surface area contributed by atoms with Crippen LogP contribution in [0.4, 0.5) is 4.79 Å². The molecule has 0 spiro atoms. The summed E-state index contributed by atoms with van der Waals surface area (Å²) in [5.41, 5.74) is 0. The molecule has 1 aliphatic carbocycles. The fourth-order valence-electron chi connectivity index (χ4n) is 2.32. The second kappa shape index (κ2) is 5.50. The van der Waals surface area contributed by atoms with Gasteiger partial charge in [0.05, 0.1) is 12.7 Å². The predicted octanol–water partition coefficient (Wildman–Crippen LogP) is 0.0262. The highest BCUT2D eigenvalue weighted by atomic mass is 16.5. The largest absolute Gasteiger partial charge is 0.376 e. The second-order valence-corrected chi connectivity index (χ2v) is 4.61. The highest BCUT2D eigenvalue weighted by Crippen LogP contribution is 2.29. The van der Waals surface area contributed by atoms with E-state index in [0.29, 0.717) is 12.7 Å². The second-order valence-electron chi connectivity index (χ2n) is 4.61. The number of urea groups is 1. The Morgan fingerprint density at radius 3 is 3.00 bits per heavy atom. The lowest BCUT2D eigenvalue weighted by Gasteiger charge is -2.35. The summed E-state index contributed by atoms with van der Waals surface area (Å²) in [6.07, 6.45) is 2.74. The van der Waals surface area contributed by atoms with Crippen molar-refractivity contribution >= 4 is 6.03 Å². The minimum Gasteiger partial charge on any atom is -0.376 e. The van der Waals surface area contributed by atoms with Crippen LogP contribution in [0.15, 0.2) is 0 Å². The lowest BCUT2D eigenvalue weighted by molar-refractivity contribution is -0.0328. The monoisotopic (exact) mass is 227 g/mol. The van der Waals surface area contributed by atoms with Crippen LogP contribution in [0.3, 0.4) is 0 Å². The Balaban J connectivity index is 1.51. The fraction of sp³-hybridized carbons (Fsp3) is 0.909. The standard InChI is InChI=1S/C11H21N3O2/c1-12-8-9-6-10(7-9)16-5-4-14-3-2-13-11(14)15/h9-10,12H,2-8H2,1H3,(H,13,15). The normalized spacial score (nSPS) is 29.1. The third kappa shape index (κ3) is 2.86. The molecule has 0 atom stereocenters. The van der Waals surface area contributed by atoms with E-state index in [4.69, 9.17) is 4.74 Å². The molecular formula is C11H21N3O2. The summed E-state index contributed by atoms with van der Waals surface area (Å²) >= 11 is 0. The van der Waals surface area contributed by atoms with Gasteiger partial charge in [0.2, 0.25) is 0 Å². The van der Waals surface area contributed by atoms with Crippen LogP contribution >= 0.6 is 0 Å². The van der Waals surface area contributed by atoms with Crippen LogP contribution in [0.25, 0.3) is 0 Å². The van der Waals surface area contributed by atoms with Gasteiger partial charge in [0, 0.05) is 19.6 Å². The Labute approximate surface area is 96.5 Å². The highest BCUT2D eigenvalue weighted by Gasteiger charge is 2.29. The maximum absolute atomic E-state index is 11.2. The summed E-state index contributed by atoms with van der Waals surface area (Å²) in [4.78, 5) is 13.0. The molecule has 1 heterocycles. The van der Waals surface area contributed by atoms with Crippen LogP contribution in [-0.4, -0.2) is 56.9 Å². The topological polar surface area (TPSA) is 53.6 Å². The molecule has 0 bridgehead atoms. The summed E-state index contributed by atoms with van der Waals surface area (Å²) in [5, 5.41) is 5.96. The van der Waals surface area contributed by atoms with E-state index < -0.39 is 0 Å². The maximum atomic E-state index is 11.2. The number of rotatable bonds is 6. The molecule has 2 fully saturated rings. The molecule has 2 N–H and O–H groups in total. The summed E-state index contributed by atoms with van der Waals surface area (Å²) in [6.45, 7) is 4.07. The van der Waals surface area contributed by atoms with Crippen LogP contribution in [0.5, 0.6) is 0 Å². The third-order valence-electron chi connectivity index (χ3n) is 3.35. The molecule has 2 rings (SSSR count). The van der Waals surface area contributed by atoms with Gasteiger partial charge in [-0.05, 0) is 32.4 Å². The van der Waals surface area contributed by atoms with Crippen molar-refractivity contribution in [3.63, 3.8) is 0 Å². The Kier molecular flexibility index (Phi) is 4.01. The number of nitrogens with one attached hydrogen (secondary N) is 2. The Bertz CT molecular complexity index is 241. The van der Waals surface area contributed by atoms with Gasteiger partial charge in [0.1, 0.15) is 0 Å². The number of ether oxygens (including phenoxy) is 1. The molecular weight excluding hydrogens is 206 g/mol. The van der Waals surface area contributed by atoms with Gasteiger partial charge >= 0.3 is 6.03 Å². The van der Waals surface area contributed by atoms with Crippen molar-refractivity contribution in [1.29, 1.82) is 0 Å². The molecule has 5 nitrogen and oxygen atoms in total. The molecule has 1 aliphatic heterocycles. The molecule has 2 amide bonds. The molecule has 5 heteroatoms. The summed E-state index contributed by atoms with van der Waals surface area (Å²) in [7, 11) is 1.99. The quantitative estimate of drug-likeness (QED) is 0.673. The van der Waals surface area contributed by atoms with Crippen LogP contribution in [0, 0.1) is 5.92 Å². The van der Waals surface area contributed by atoms with Crippen molar-refractivity contribution in [2.75, 3.05) is 39.8 Å². The molecule has 92 valence electrons. The number of hydrogen-bond donors (Lipinski definition) is 2. The maximum Gasteiger partial charge on any atom is 0.317 e. The molecule has 0 radical (unpaired) electrons. The first kappa shape index (κ1) is 11.7. The first-order valence-corrected chi connectivity index (χ1v) is 6.08. The van der Waals surface area contributed by atoms with Gasteiger partial charge in [0.15, 0.2) is 0 Å². The summed E-state index contributed by atoms with van der Waals surface area (Å²) in [5.74, 6) is 0.782. The van der Waals surface area contributed by atoms with Crippen LogP contribution in [0.1, 0.15) is 12.8 Å². The number of carbonyl (C=O) groups is 1. The fourth-order valence-corrected chi connectivity index (χ4v) is 2.32. The minimum atomic E-state index is 0.0465. The van der Waals surface area contributed by atoms with Crippen molar-refractivity contribution < 1.29 is 9.53 Å². The Morgan fingerprint density at radius 2 is 2.38 bits per heavy atom. The van der Waals surface area contributed by atoms with E-state index in [2.05, 4.69) is 10.6 Å². The summed E-state index contributed by atoms with van der Waals surface area (Å²) < 4.78 is 5.72. The molecule has 2 aliphatic rings. The first-order valence-electron chi connectivity index (χ1n) is 6.08. The minimum absolute atomic E-state index is 0.0465. The number of carbonyl (C=O) groups excluding carboxylic acids is 1.